The zero-order chi connectivity index (χ0) is 40.2. The van der Waals surface area contributed by atoms with Gasteiger partial charge in [-0.05, 0) is 121 Å². The summed E-state index contributed by atoms with van der Waals surface area (Å²) in [4.78, 5) is 18.1. The highest BCUT2D eigenvalue weighted by atomic mass is 127. The number of benzene rings is 3. The third-order valence-corrected chi connectivity index (χ3v) is 17.0. The van der Waals surface area contributed by atoms with Gasteiger partial charge in [-0.25, -0.2) is 15.0 Å². The van der Waals surface area contributed by atoms with E-state index in [9.17, 15) is 0 Å². The van der Waals surface area contributed by atoms with Gasteiger partial charge >= 0.3 is 0 Å². The van der Waals surface area contributed by atoms with Gasteiger partial charge in [0, 0.05) is 55.9 Å². The molecular formula is C52H58IN5S. The van der Waals surface area contributed by atoms with Crippen LogP contribution in [0.1, 0.15) is 138 Å². The molecule has 4 heterocycles. The molecule has 304 valence electrons. The molecule has 3 aromatic carbocycles. The van der Waals surface area contributed by atoms with Crippen LogP contribution in [0.2, 0.25) is 0 Å². The van der Waals surface area contributed by atoms with Crippen LogP contribution < -0.4 is 5.32 Å². The maximum absolute atomic E-state index is 5.56. The summed E-state index contributed by atoms with van der Waals surface area (Å²) in [5, 5.41) is 6.10. The molecule has 1 N–H and O–H groups in total. The van der Waals surface area contributed by atoms with E-state index in [1.54, 1.807) is 21.7 Å². The highest BCUT2D eigenvalue weighted by Gasteiger charge is 2.49. The second-order valence-electron chi connectivity index (χ2n) is 18.3. The number of hydrogen-bond acceptors (Lipinski definition) is 5. The van der Waals surface area contributed by atoms with Crippen LogP contribution in [0.4, 0.5) is 0 Å². The number of rotatable bonds is 9. The van der Waals surface area contributed by atoms with Crippen molar-refractivity contribution in [2.75, 3.05) is 0 Å². The summed E-state index contributed by atoms with van der Waals surface area (Å²) in [5.74, 6) is 5.67. The Morgan fingerprint density at radius 1 is 0.864 bits per heavy atom. The number of fused-ring (bicyclic) bond motifs is 6. The lowest BCUT2D eigenvalue weighted by Gasteiger charge is -2.40. The SMILES string of the molecule is CCCC(c1nc(C2=CCC(C)CC2)nc(C2CC(c3ccccc3)=CNC2C2CCC3=C(C2)SC2C(C)Cc4c(n(-c5ccccc5)c5ccccc45)C32)n1)C(C)I. The highest BCUT2D eigenvalue weighted by molar-refractivity contribution is 14.1. The average Bonchev–Trinajstić information content (AvgIpc) is 3.82. The average molecular weight is 912 g/mol. The van der Waals surface area contributed by atoms with Gasteiger partial charge < -0.3 is 9.88 Å². The maximum atomic E-state index is 5.56. The van der Waals surface area contributed by atoms with Crippen LogP contribution in [0, 0.1) is 17.8 Å². The molecule has 0 saturated carbocycles. The van der Waals surface area contributed by atoms with Crippen LogP contribution in [-0.2, 0) is 6.42 Å². The Bertz CT molecular complexity index is 2430. The van der Waals surface area contributed by atoms with Gasteiger partial charge in [0.05, 0.1) is 5.52 Å². The largest absolute Gasteiger partial charge is 0.387 e. The van der Waals surface area contributed by atoms with Crippen molar-refractivity contribution in [2.24, 2.45) is 17.8 Å². The molecular weight excluding hydrogens is 854 g/mol. The van der Waals surface area contributed by atoms with Gasteiger partial charge in [-0.3, -0.25) is 0 Å². The van der Waals surface area contributed by atoms with Crippen LogP contribution in [0.3, 0.4) is 0 Å². The summed E-state index contributed by atoms with van der Waals surface area (Å²) in [6.07, 6.45) is 15.9. The fraction of sp³-hybridized carbons (Fsp3) is 0.442. The minimum Gasteiger partial charge on any atom is -0.387 e. The van der Waals surface area contributed by atoms with E-state index < -0.39 is 0 Å². The normalized spacial score (nSPS) is 27.6. The molecule has 9 atom stereocenters. The molecule has 2 aromatic heterocycles. The van der Waals surface area contributed by atoms with Gasteiger partial charge in [0.15, 0.2) is 5.82 Å². The van der Waals surface area contributed by atoms with Crippen LogP contribution in [0.15, 0.2) is 108 Å². The van der Waals surface area contributed by atoms with Crippen LogP contribution in [0.25, 0.3) is 27.7 Å². The smallest absolute Gasteiger partial charge is 0.159 e. The fourth-order valence-electron chi connectivity index (χ4n) is 11.3. The molecule has 59 heavy (non-hydrogen) atoms. The van der Waals surface area contributed by atoms with E-state index in [2.05, 4.69) is 169 Å². The Kier molecular flexibility index (Phi) is 11.1. The molecule has 0 bridgehead atoms. The molecule has 7 heteroatoms. The Morgan fingerprint density at radius 2 is 1.64 bits per heavy atom. The molecule has 0 fully saturated rings. The van der Waals surface area contributed by atoms with Crippen molar-refractivity contribution in [3.05, 3.63) is 142 Å². The lowest BCUT2D eigenvalue weighted by molar-refractivity contribution is 0.289. The molecule has 3 aliphatic carbocycles. The predicted molar refractivity (Wildman–Crippen MR) is 255 cm³/mol. The van der Waals surface area contributed by atoms with E-state index in [4.69, 9.17) is 15.0 Å². The number of allylic oxidation sites excluding steroid dienone is 5. The van der Waals surface area contributed by atoms with Gasteiger partial charge in [-0.15, -0.1) is 11.8 Å². The monoisotopic (exact) mass is 911 g/mol. The predicted octanol–water partition coefficient (Wildman–Crippen LogP) is 13.4. The molecule has 5 aliphatic rings. The van der Waals surface area contributed by atoms with Crippen LogP contribution >= 0.6 is 34.4 Å². The van der Waals surface area contributed by atoms with Gasteiger partial charge in [-0.2, -0.15) is 0 Å². The summed E-state index contributed by atoms with van der Waals surface area (Å²) >= 11 is 4.85. The Labute approximate surface area is 369 Å². The quantitative estimate of drug-likeness (QED) is 0.118. The maximum Gasteiger partial charge on any atom is 0.159 e. The first kappa shape index (κ1) is 39.4. The molecule has 10 rings (SSSR count). The Balaban J connectivity index is 1.05. The molecule has 0 amide bonds. The molecule has 0 radical (unpaired) electrons. The van der Waals surface area contributed by atoms with Crippen molar-refractivity contribution >= 4 is 56.4 Å². The lowest BCUT2D eigenvalue weighted by atomic mass is 9.70. The van der Waals surface area contributed by atoms with Crippen molar-refractivity contribution in [3.8, 4) is 5.69 Å². The number of thioether (sulfide) groups is 1. The number of aromatic nitrogens is 4. The van der Waals surface area contributed by atoms with Gasteiger partial charge in [0.1, 0.15) is 11.6 Å². The number of nitrogens with one attached hydrogen (secondary N) is 1. The Hall–Kier alpha value is -3.69. The summed E-state index contributed by atoms with van der Waals surface area (Å²) in [5.41, 5.74) is 11.5. The molecule has 0 spiro atoms. The first-order valence-corrected chi connectivity index (χ1v) is 24.6. The third kappa shape index (κ3) is 7.34. The molecule has 9 unspecified atom stereocenters. The number of hydrogen-bond donors (Lipinski definition) is 1. The number of halogens is 1. The van der Waals surface area contributed by atoms with Crippen LogP contribution in [0.5, 0.6) is 0 Å². The summed E-state index contributed by atoms with van der Waals surface area (Å²) < 4.78 is 3.07. The van der Waals surface area contributed by atoms with E-state index in [-0.39, 0.29) is 12.0 Å². The molecule has 5 nitrogen and oxygen atoms in total. The van der Waals surface area contributed by atoms with Crippen LogP contribution in [-0.4, -0.2) is 34.7 Å². The van der Waals surface area contributed by atoms with Crippen molar-refractivity contribution in [2.45, 2.75) is 125 Å². The van der Waals surface area contributed by atoms with E-state index >= 15 is 0 Å². The van der Waals surface area contributed by atoms with Gasteiger partial charge in [0.25, 0.3) is 0 Å². The number of nitrogens with zero attached hydrogens (tertiary/aromatic N) is 4. The molecule has 0 saturated heterocycles. The van der Waals surface area contributed by atoms with E-state index in [0.29, 0.717) is 38.8 Å². The summed E-state index contributed by atoms with van der Waals surface area (Å²) in [6, 6.07) is 31.5. The van der Waals surface area contributed by atoms with Crippen molar-refractivity contribution in [3.63, 3.8) is 0 Å². The molecule has 5 aromatic rings. The second-order valence-corrected chi connectivity index (χ2v) is 21.6. The summed E-state index contributed by atoms with van der Waals surface area (Å²) in [7, 11) is 0. The first-order valence-electron chi connectivity index (χ1n) is 22.5. The van der Waals surface area contributed by atoms with E-state index in [0.717, 1.165) is 68.8 Å². The standard InChI is InChI=1S/C52H58IN5S/c1-5-14-39(33(4)53)51-55-50(35-23-21-31(2)22-24-35)56-52(57-51)43-28-37(34-15-8-6-9-16-34)30-54-47(43)36-25-26-41-45(29-36)59-49-32(3)27-42-40-19-12-13-20-44(40)58(48(42)46(41)49)38-17-10-7-11-18-38/h6-13,15-20,23,30-33,36,39,43,46-47,49,54H,5,14,21-22,24-29H2,1-4H3. The minimum atomic E-state index is 0.151. The minimum absolute atomic E-state index is 0.151. The Morgan fingerprint density at radius 3 is 2.41 bits per heavy atom. The topological polar surface area (TPSA) is 55.6 Å². The van der Waals surface area contributed by atoms with Crippen molar-refractivity contribution in [1.29, 1.82) is 0 Å². The van der Waals surface area contributed by atoms with E-state index in [1.165, 1.54) is 46.1 Å². The van der Waals surface area contributed by atoms with E-state index in [1.807, 2.05) is 0 Å². The van der Waals surface area contributed by atoms with Gasteiger partial charge in [0.2, 0.25) is 0 Å². The molecule has 2 aliphatic heterocycles. The highest BCUT2D eigenvalue weighted by Crippen LogP contribution is 2.61. The zero-order valence-electron chi connectivity index (χ0n) is 35.1. The van der Waals surface area contributed by atoms with Crippen molar-refractivity contribution < 1.29 is 0 Å². The third-order valence-electron chi connectivity index (χ3n) is 14.4. The zero-order valence-corrected chi connectivity index (χ0v) is 38.1. The van der Waals surface area contributed by atoms with Gasteiger partial charge in [-0.1, -0.05) is 135 Å². The van der Waals surface area contributed by atoms with Crippen molar-refractivity contribution in [1.82, 2.24) is 24.8 Å². The first-order chi connectivity index (χ1) is 28.9. The lowest BCUT2D eigenvalue weighted by Crippen LogP contribution is -2.43. The second kappa shape index (κ2) is 16.6. The summed E-state index contributed by atoms with van der Waals surface area (Å²) in [6.45, 7) is 9.52. The number of para-hydroxylation sites is 2. The number of alkyl halides is 1. The fourth-order valence-corrected chi connectivity index (χ4v) is 13.8.